The predicted octanol–water partition coefficient (Wildman–Crippen LogP) is 2.60. The Kier molecular flexibility index (Phi) is 4.46. The smallest absolute Gasteiger partial charge is 0.240 e. The molecule has 3 aliphatic rings. The summed E-state index contributed by atoms with van der Waals surface area (Å²) in [6, 6.07) is 12.7. The van der Waals surface area contributed by atoms with Crippen LogP contribution in [0.25, 0.3) is 0 Å². The normalized spacial score (nSPS) is 26.3. The number of nitrogens with zero attached hydrogens (tertiary/aromatic N) is 3. The number of ketones is 1. The van der Waals surface area contributed by atoms with Crippen molar-refractivity contribution in [3.8, 4) is 5.75 Å². The van der Waals surface area contributed by atoms with Crippen molar-refractivity contribution < 1.29 is 19.1 Å². The maximum Gasteiger partial charge on any atom is 0.240 e. The molecule has 0 bridgehead atoms. The fourth-order valence-electron chi connectivity index (χ4n) is 4.71. The van der Waals surface area contributed by atoms with Gasteiger partial charge in [-0.25, -0.2) is 4.90 Å². The molecule has 0 aromatic heterocycles. The van der Waals surface area contributed by atoms with E-state index in [1.807, 2.05) is 25.1 Å². The first-order chi connectivity index (χ1) is 15.0. The number of imide groups is 1. The van der Waals surface area contributed by atoms with Crippen molar-refractivity contribution in [3.63, 3.8) is 0 Å². The SMILES string of the molecule is COc1ccc(C(=O)[C@@H]2[C@@H]3C(=O)N(c4ccc(C)cc4)C(=O)[C@H]3[C@@H]3C=CC=NN23)cc1. The third-order valence-corrected chi connectivity index (χ3v) is 6.23. The summed E-state index contributed by atoms with van der Waals surface area (Å²) in [4.78, 5) is 41.6. The van der Waals surface area contributed by atoms with Crippen LogP contribution in [-0.4, -0.2) is 48.0 Å². The summed E-state index contributed by atoms with van der Waals surface area (Å²) in [5.41, 5.74) is 2.01. The van der Waals surface area contributed by atoms with Crippen molar-refractivity contribution >= 4 is 29.5 Å². The molecule has 0 unspecified atom stereocenters. The summed E-state index contributed by atoms with van der Waals surface area (Å²) in [5.74, 6) is -1.71. The van der Waals surface area contributed by atoms with Crippen molar-refractivity contribution in [2.75, 3.05) is 12.0 Å². The quantitative estimate of drug-likeness (QED) is 0.567. The Balaban J connectivity index is 1.55. The van der Waals surface area contributed by atoms with Gasteiger partial charge >= 0.3 is 0 Å². The van der Waals surface area contributed by atoms with Crippen LogP contribution in [-0.2, 0) is 9.59 Å². The minimum Gasteiger partial charge on any atom is -0.497 e. The summed E-state index contributed by atoms with van der Waals surface area (Å²) in [6.07, 6.45) is 5.18. The molecule has 0 spiro atoms. The second-order valence-electron chi connectivity index (χ2n) is 7.96. The lowest BCUT2D eigenvalue weighted by atomic mass is 9.86. The molecule has 2 amide bonds. The fraction of sp³-hybridized carbons (Fsp3) is 0.250. The van der Waals surface area contributed by atoms with Gasteiger partial charge in [0.2, 0.25) is 11.8 Å². The molecular weight excluding hydrogens is 394 g/mol. The molecule has 2 aromatic rings. The second-order valence-corrected chi connectivity index (χ2v) is 7.96. The molecule has 5 rings (SSSR count). The number of carbonyl (C=O) groups excluding carboxylic acids is 3. The van der Waals surface area contributed by atoms with Gasteiger partial charge in [0.1, 0.15) is 11.8 Å². The lowest BCUT2D eigenvalue weighted by molar-refractivity contribution is -0.123. The van der Waals surface area contributed by atoms with E-state index in [1.165, 1.54) is 4.90 Å². The van der Waals surface area contributed by atoms with Crippen LogP contribution in [0, 0.1) is 18.8 Å². The molecular formula is C24H21N3O4. The van der Waals surface area contributed by atoms with E-state index in [-0.39, 0.29) is 17.6 Å². The van der Waals surface area contributed by atoms with Crippen molar-refractivity contribution in [3.05, 3.63) is 71.8 Å². The molecule has 2 saturated heterocycles. The maximum atomic E-state index is 13.5. The summed E-state index contributed by atoms with van der Waals surface area (Å²) in [5, 5.41) is 5.98. The molecule has 0 saturated carbocycles. The van der Waals surface area contributed by atoms with Crippen LogP contribution < -0.4 is 9.64 Å². The number of ether oxygens (including phenoxy) is 1. The van der Waals surface area contributed by atoms with Crippen LogP contribution in [0.2, 0.25) is 0 Å². The second kappa shape index (κ2) is 7.19. The highest BCUT2D eigenvalue weighted by Gasteiger charge is 2.64. The number of carbonyl (C=O) groups is 3. The third kappa shape index (κ3) is 2.88. The van der Waals surface area contributed by atoms with Crippen LogP contribution in [0.4, 0.5) is 5.69 Å². The molecule has 2 aromatic carbocycles. The van der Waals surface area contributed by atoms with Gasteiger partial charge in [0.25, 0.3) is 0 Å². The highest BCUT2D eigenvalue weighted by Crippen LogP contribution is 2.46. The number of amides is 2. The molecule has 4 atom stereocenters. The largest absolute Gasteiger partial charge is 0.497 e. The first-order valence-corrected chi connectivity index (χ1v) is 10.1. The molecule has 0 N–H and O–H groups in total. The van der Waals surface area contributed by atoms with E-state index in [0.29, 0.717) is 17.0 Å². The van der Waals surface area contributed by atoms with Crippen molar-refractivity contribution in [1.29, 1.82) is 0 Å². The number of fused-ring (bicyclic) bond motifs is 3. The molecule has 0 radical (unpaired) electrons. The number of hydrogen-bond acceptors (Lipinski definition) is 6. The summed E-state index contributed by atoms with van der Waals surface area (Å²) in [6.45, 7) is 1.94. The first kappa shape index (κ1) is 19.2. The van der Waals surface area contributed by atoms with Crippen molar-refractivity contribution in [1.82, 2.24) is 5.01 Å². The number of rotatable bonds is 4. The topological polar surface area (TPSA) is 79.3 Å². The lowest BCUT2D eigenvalue weighted by Crippen LogP contribution is -2.46. The zero-order valence-electron chi connectivity index (χ0n) is 17.1. The van der Waals surface area contributed by atoms with E-state index < -0.39 is 23.9 Å². The van der Waals surface area contributed by atoms with Gasteiger partial charge in [0, 0.05) is 11.8 Å². The van der Waals surface area contributed by atoms with Crippen LogP contribution in [0.1, 0.15) is 15.9 Å². The zero-order chi connectivity index (χ0) is 21.7. The Labute approximate surface area is 179 Å². The van der Waals surface area contributed by atoms with Crippen LogP contribution in [0.15, 0.2) is 65.8 Å². The number of benzene rings is 2. The van der Waals surface area contributed by atoms with Crippen LogP contribution >= 0.6 is 0 Å². The summed E-state index contributed by atoms with van der Waals surface area (Å²) < 4.78 is 5.17. The Morgan fingerprint density at radius 2 is 1.65 bits per heavy atom. The number of aryl methyl sites for hydroxylation is 1. The van der Waals surface area contributed by atoms with Crippen LogP contribution in [0.5, 0.6) is 5.75 Å². The average Bonchev–Trinajstić information content (AvgIpc) is 3.27. The Morgan fingerprint density at radius 1 is 0.968 bits per heavy atom. The standard InChI is InChI=1S/C24H21N3O4/c1-14-5-9-16(10-6-14)26-23(29)19-18-4-3-13-25-27(18)21(20(19)24(26)30)22(28)15-7-11-17(31-2)12-8-15/h3-13,18-21H,1-2H3/t18-,19-,20+,21-/m0/s1. The van der Waals surface area contributed by atoms with E-state index >= 15 is 0 Å². The summed E-state index contributed by atoms with van der Waals surface area (Å²) in [7, 11) is 1.56. The van der Waals surface area contributed by atoms with Crippen LogP contribution in [0.3, 0.4) is 0 Å². The van der Waals surface area contributed by atoms with E-state index in [0.717, 1.165) is 5.56 Å². The highest BCUT2D eigenvalue weighted by atomic mass is 16.5. The monoisotopic (exact) mass is 415 g/mol. The van der Waals surface area contributed by atoms with Gasteiger partial charge in [-0.2, -0.15) is 5.10 Å². The predicted molar refractivity (Wildman–Crippen MR) is 115 cm³/mol. The Morgan fingerprint density at radius 3 is 2.32 bits per heavy atom. The average molecular weight is 415 g/mol. The minimum absolute atomic E-state index is 0.237. The first-order valence-electron chi connectivity index (χ1n) is 10.1. The number of Topliss-reactive ketones (excluding diaryl/α,β-unsaturated/α-hetero) is 1. The molecule has 0 aliphatic carbocycles. The van der Waals surface area contributed by atoms with Gasteiger partial charge in [-0.3, -0.25) is 19.4 Å². The van der Waals surface area contributed by atoms with Crippen molar-refractivity contribution in [2.45, 2.75) is 19.0 Å². The minimum atomic E-state index is -0.850. The molecule has 2 fully saturated rings. The Hall–Kier alpha value is -3.74. The number of hydrazone groups is 1. The van der Waals surface area contributed by atoms with E-state index in [4.69, 9.17) is 4.74 Å². The Bertz CT molecular complexity index is 1120. The molecule has 3 heterocycles. The third-order valence-electron chi connectivity index (χ3n) is 6.23. The zero-order valence-corrected chi connectivity index (χ0v) is 17.1. The van der Waals surface area contributed by atoms with E-state index in [1.54, 1.807) is 60.8 Å². The highest BCUT2D eigenvalue weighted by molar-refractivity contribution is 6.24. The number of methoxy groups -OCH3 is 1. The summed E-state index contributed by atoms with van der Waals surface area (Å²) >= 11 is 0. The molecule has 156 valence electrons. The maximum absolute atomic E-state index is 13.5. The van der Waals surface area contributed by atoms with E-state index in [2.05, 4.69) is 5.10 Å². The number of allylic oxidation sites excluding steroid dienone is 1. The van der Waals surface area contributed by atoms with Gasteiger partial charge in [-0.1, -0.05) is 23.8 Å². The molecule has 31 heavy (non-hydrogen) atoms. The van der Waals surface area contributed by atoms with Gasteiger partial charge in [0.15, 0.2) is 5.78 Å². The number of anilines is 1. The lowest BCUT2D eigenvalue weighted by Gasteiger charge is -2.30. The molecule has 3 aliphatic heterocycles. The van der Waals surface area contributed by atoms with E-state index in [9.17, 15) is 14.4 Å². The molecule has 7 nitrogen and oxygen atoms in total. The van der Waals surface area contributed by atoms with Gasteiger partial charge < -0.3 is 4.74 Å². The van der Waals surface area contributed by atoms with Gasteiger partial charge in [-0.15, -0.1) is 0 Å². The van der Waals surface area contributed by atoms with Crippen molar-refractivity contribution in [2.24, 2.45) is 16.9 Å². The van der Waals surface area contributed by atoms with Gasteiger partial charge in [-0.05, 0) is 49.4 Å². The fourth-order valence-corrected chi connectivity index (χ4v) is 4.71. The molecule has 7 heteroatoms. The number of hydrogen-bond donors (Lipinski definition) is 0. The van der Waals surface area contributed by atoms with Gasteiger partial charge in [0.05, 0.1) is 30.7 Å².